The topological polar surface area (TPSA) is 98.6 Å². The van der Waals surface area contributed by atoms with Gasteiger partial charge in [0.2, 0.25) is 0 Å². The highest BCUT2D eigenvalue weighted by Crippen LogP contribution is 2.37. The van der Waals surface area contributed by atoms with Crippen LogP contribution in [-0.2, 0) is 6.18 Å². The Hall–Kier alpha value is -3.28. The lowest BCUT2D eigenvalue weighted by Crippen LogP contribution is -2.47. The number of halogens is 4. The van der Waals surface area contributed by atoms with E-state index in [0.717, 1.165) is 10.5 Å². The molecule has 0 spiro atoms. The highest BCUT2D eigenvalue weighted by molar-refractivity contribution is 6.33. The van der Waals surface area contributed by atoms with Gasteiger partial charge in [0.25, 0.3) is 5.91 Å². The molecule has 0 atom stereocenters. The monoisotopic (exact) mass is 481 g/mol. The molecule has 3 amide bonds. The number of urea groups is 1. The summed E-state index contributed by atoms with van der Waals surface area (Å²) in [6, 6.07) is 0.864. The number of hydrogen-bond donors (Lipinski definition) is 2. The van der Waals surface area contributed by atoms with Crippen LogP contribution >= 0.6 is 11.6 Å². The number of fused-ring (bicyclic) bond motifs is 1. The number of nitrogens with zero attached hydrogens (tertiary/aromatic N) is 5. The number of rotatable bonds is 3. The molecule has 2 saturated heterocycles. The molecule has 174 valence electrons. The van der Waals surface area contributed by atoms with Crippen LogP contribution in [0.15, 0.2) is 24.7 Å². The van der Waals surface area contributed by atoms with Crippen molar-refractivity contribution >= 4 is 29.2 Å². The lowest BCUT2D eigenvalue weighted by Gasteiger charge is -2.35. The van der Waals surface area contributed by atoms with E-state index in [2.05, 4.69) is 20.5 Å². The molecule has 0 aromatic carbocycles. The fourth-order valence-electron chi connectivity index (χ4n) is 4.39. The fourth-order valence-corrected chi connectivity index (χ4v) is 4.65. The summed E-state index contributed by atoms with van der Waals surface area (Å²) < 4.78 is 42.5. The van der Waals surface area contributed by atoms with Gasteiger partial charge in [0, 0.05) is 55.7 Å². The van der Waals surface area contributed by atoms with Crippen molar-refractivity contribution in [3.8, 4) is 11.1 Å². The Balaban J connectivity index is 1.46. The molecule has 2 aliphatic rings. The number of pyridine rings is 1. The zero-order valence-electron chi connectivity index (χ0n) is 17.2. The van der Waals surface area contributed by atoms with Crippen molar-refractivity contribution in [1.82, 2.24) is 34.7 Å². The summed E-state index contributed by atoms with van der Waals surface area (Å²) in [6.45, 7) is 1.92. The van der Waals surface area contributed by atoms with Gasteiger partial charge >= 0.3 is 12.2 Å². The van der Waals surface area contributed by atoms with Gasteiger partial charge in [0.15, 0.2) is 11.3 Å². The molecule has 2 N–H and O–H groups in total. The normalized spacial score (nSPS) is 17.8. The van der Waals surface area contributed by atoms with Crippen molar-refractivity contribution < 1.29 is 22.8 Å². The summed E-state index contributed by atoms with van der Waals surface area (Å²) in [5.74, 6) is -0.536. The van der Waals surface area contributed by atoms with Crippen molar-refractivity contribution in [3.63, 3.8) is 0 Å². The van der Waals surface area contributed by atoms with Crippen LogP contribution in [0.1, 0.15) is 28.9 Å². The summed E-state index contributed by atoms with van der Waals surface area (Å²) in [6.07, 6.45) is 0.696. The van der Waals surface area contributed by atoms with Gasteiger partial charge in [-0.2, -0.15) is 18.3 Å². The maximum Gasteiger partial charge on any atom is 0.420 e. The molecule has 5 rings (SSSR count). The van der Waals surface area contributed by atoms with Crippen molar-refractivity contribution in [2.45, 2.75) is 25.1 Å². The summed E-state index contributed by atoms with van der Waals surface area (Å²) in [4.78, 5) is 32.3. The molecule has 2 aliphatic heterocycles. The molecule has 0 aliphatic carbocycles. The van der Waals surface area contributed by atoms with E-state index in [1.54, 1.807) is 4.90 Å². The Kier molecular flexibility index (Phi) is 5.19. The predicted octanol–water partition coefficient (Wildman–Crippen LogP) is 3.03. The predicted molar refractivity (Wildman–Crippen MR) is 112 cm³/mol. The summed E-state index contributed by atoms with van der Waals surface area (Å²) in [7, 11) is 0. The first-order valence-corrected chi connectivity index (χ1v) is 10.7. The van der Waals surface area contributed by atoms with Crippen molar-refractivity contribution in [2.75, 3.05) is 26.2 Å². The number of likely N-dealkylation sites (tertiary alicyclic amines) is 1. The second-order valence-corrected chi connectivity index (χ2v) is 8.38. The number of nitrogens with one attached hydrogen (secondary N) is 2. The fraction of sp³-hybridized carbons (Fsp3) is 0.400. The smallest absolute Gasteiger partial charge is 0.337 e. The average molecular weight is 482 g/mol. The van der Waals surface area contributed by atoms with Gasteiger partial charge in [-0.15, -0.1) is 0 Å². The second-order valence-electron chi connectivity index (χ2n) is 8.02. The van der Waals surface area contributed by atoms with Gasteiger partial charge in [0.05, 0.1) is 11.8 Å². The molecule has 33 heavy (non-hydrogen) atoms. The maximum atomic E-state index is 13.8. The SMILES string of the molecule is O=C(c1nc2c(C(F)(F)F)cc(-c3cn[nH]c3)cn2c1Cl)N1CCC(N2CCNC2=O)CC1. The largest absolute Gasteiger partial charge is 0.420 e. The van der Waals surface area contributed by atoms with Crippen LogP contribution in [0.3, 0.4) is 0 Å². The van der Waals surface area contributed by atoms with E-state index in [-0.39, 0.29) is 28.5 Å². The highest BCUT2D eigenvalue weighted by atomic mass is 35.5. The first-order valence-electron chi connectivity index (χ1n) is 10.4. The molecule has 9 nitrogen and oxygen atoms in total. The van der Waals surface area contributed by atoms with Gasteiger partial charge in [-0.1, -0.05) is 11.6 Å². The summed E-state index contributed by atoms with van der Waals surface area (Å²) >= 11 is 6.38. The van der Waals surface area contributed by atoms with E-state index < -0.39 is 23.3 Å². The zero-order chi connectivity index (χ0) is 23.3. The number of piperidine rings is 1. The van der Waals surface area contributed by atoms with Crippen LogP contribution in [0.5, 0.6) is 0 Å². The lowest BCUT2D eigenvalue weighted by molar-refractivity contribution is -0.136. The van der Waals surface area contributed by atoms with Crippen molar-refractivity contribution in [1.29, 1.82) is 0 Å². The van der Waals surface area contributed by atoms with Crippen LogP contribution in [0.2, 0.25) is 5.15 Å². The molecule has 0 saturated carbocycles. The minimum absolute atomic E-state index is 0.0161. The van der Waals surface area contributed by atoms with Crippen LogP contribution in [0.25, 0.3) is 16.8 Å². The zero-order valence-corrected chi connectivity index (χ0v) is 17.9. The van der Waals surface area contributed by atoms with Crippen molar-refractivity contribution in [2.24, 2.45) is 0 Å². The molecule has 5 heterocycles. The van der Waals surface area contributed by atoms with Gasteiger partial charge < -0.3 is 15.1 Å². The number of hydrogen-bond acceptors (Lipinski definition) is 4. The first-order chi connectivity index (χ1) is 15.7. The molecular formula is C20H19ClF3N7O2. The summed E-state index contributed by atoms with van der Waals surface area (Å²) in [5.41, 5.74) is -1.00. The van der Waals surface area contributed by atoms with Gasteiger partial charge in [-0.3, -0.25) is 14.3 Å². The van der Waals surface area contributed by atoms with Gasteiger partial charge in [-0.25, -0.2) is 9.78 Å². The number of carbonyl (C=O) groups excluding carboxylic acids is 2. The molecule has 3 aromatic heterocycles. The van der Waals surface area contributed by atoms with Crippen LogP contribution in [0, 0.1) is 0 Å². The number of H-pyrrole nitrogens is 1. The van der Waals surface area contributed by atoms with E-state index in [0.29, 0.717) is 44.6 Å². The van der Waals surface area contributed by atoms with E-state index in [9.17, 15) is 22.8 Å². The van der Waals surface area contributed by atoms with E-state index >= 15 is 0 Å². The molecule has 3 aromatic rings. The minimum atomic E-state index is -4.70. The third-order valence-corrected chi connectivity index (χ3v) is 6.44. The Morgan fingerprint density at radius 1 is 1.18 bits per heavy atom. The number of alkyl halides is 3. The maximum absolute atomic E-state index is 13.8. The van der Waals surface area contributed by atoms with Gasteiger partial charge in [0.1, 0.15) is 5.15 Å². The second kappa shape index (κ2) is 7.94. The van der Waals surface area contributed by atoms with Crippen molar-refractivity contribution in [3.05, 3.63) is 41.1 Å². The molecule has 13 heteroatoms. The number of amides is 3. The Morgan fingerprint density at radius 3 is 2.55 bits per heavy atom. The van der Waals surface area contributed by atoms with E-state index in [1.807, 2.05) is 0 Å². The third kappa shape index (κ3) is 3.77. The third-order valence-electron chi connectivity index (χ3n) is 6.08. The number of aromatic nitrogens is 4. The summed E-state index contributed by atoms with van der Waals surface area (Å²) in [5, 5.41) is 8.91. The first kappa shape index (κ1) is 21.6. The van der Waals surface area contributed by atoms with E-state index in [1.165, 1.54) is 23.5 Å². The highest BCUT2D eigenvalue weighted by Gasteiger charge is 2.37. The number of imidazole rings is 1. The molecule has 0 radical (unpaired) electrons. The van der Waals surface area contributed by atoms with Crippen LogP contribution in [-0.4, -0.2) is 73.5 Å². The number of carbonyl (C=O) groups is 2. The van der Waals surface area contributed by atoms with Crippen LogP contribution in [0.4, 0.5) is 18.0 Å². The van der Waals surface area contributed by atoms with Crippen LogP contribution < -0.4 is 5.32 Å². The number of aromatic amines is 1. The Morgan fingerprint density at radius 2 is 1.94 bits per heavy atom. The van der Waals surface area contributed by atoms with E-state index in [4.69, 9.17) is 11.6 Å². The van der Waals surface area contributed by atoms with Gasteiger partial charge in [-0.05, 0) is 18.9 Å². The molecule has 2 fully saturated rings. The molecule has 0 unspecified atom stereocenters. The standard InChI is InChI=1S/C20H19ClF3N7O2/c21-16-15(18(32)29-4-1-13(2-5-29)30-6-3-25-19(30)33)28-17-14(20(22,23)24)7-11(10-31(16)17)12-8-26-27-9-12/h7-10,13H,1-6H2,(H,25,33)(H,26,27). The quantitative estimate of drug-likeness (QED) is 0.600. The Labute approximate surface area is 190 Å². The molecular weight excluding hydrogens is 463 g/mol. The minimum Gasteiger partial charge on any atom is -0.337 e. The molecule has 0 bridgehead atoms. The lowest BCUT2D eigenvalue weighted by atomic mass is 10.0. The Bertz CT molecular complexity index is 1220. The average Bonchev–Trinajstić information content (AvgIpc) is 3.53.